The highest BCUT2D eigenvalue weighted by atomic mass is 16.3. The molecule has 1 aliphatic heterocycles. The van der Waals surface area contributed by atoms with Gasteiger partial charge in [-0.05, 0) is 42.0 Å². The number of nitrogens with one attached hydrogen (secondary N) is 1. The minimum atomic E-state index is -0.350. The van der Waals surface area contributed by atoms with Crippen LogP contribution in [0.4, 0.5) is 5.95 Å². The number of anilines is 1. The van der Waals surface area contributed by atoms with Crippen molar-refractivity contribution in [3.8, 4) is 11.4 Å². The molecule has 35 heavy (non-hydrogen) atoms. The smallest absolute Gasteiger partial charge is 0.226 e. The second-order valence-electron chi connectivity index (χ2n) is 8.48. The summed E-state index contributed by atoms with van der Waals surface area (Å²) in [5, 5.41) is 1.64. The minimum Gasteiger partial charge on any atom is -0.464 e. The fourth-order valence-corrected chi connectivity index (χ4v) is 4.85. The molecule has 0 radical (unpaired) electrons. The molecule has 1 atom stereocenters. The third kappa shape index (κ3) is 3.11. The second-order valence-corrected chi connectivity index (χ2v) is 8.48. The van der Waals surface area contributed by atoms with E-state index < -0.39 is 0 Å². The third-order valence-electron chi connectivity index (χ3n) is 6.45. The molecule has 0 spiro atoms. The fourth-order valence-electron chi connectivity index (χ4n) is 4.85. The van der Waals surface area contributed by atoms with E-state index in [1.165, 1.54) is 0 Å². The van der Waals surface area contributed by atoms with Gasteiger partial charge in [0.25, 0.3) is 0 Å². The number of pyridine rings is 1. The minimum absolute atomic E-state index is 0.0171. The van der Waals surface area contributed by atoms with Crippen LogP contribution in [0.1, 0.15) is 22.9 Å². The molecule has 8 nitrogen and oxygen atoms in total. The average molecular weight is 458 g/mol. The molecular weight excluding hydrogens is 440 g/mol. The van der Waals surface area contributed by atoms with Crippen molar-refractivity contribution in [2.24, 2.45) is 0 Å². The van der Waals surface area contributed by atoms with Gasteiger partial charge in [0.05, 0.1) is 24.4 Å². The molecule has 0 amide bonds. The van der Waals surface area contributed by atoms with Gasteiger partial charge in [-0.25, -0.2) is 19.9 Å². The van der Waals surface area contributed by atoms with E-state index in [0.29, 0.717) is 29.3 Å². The van der Waals surface area contributed by atoms with E-state index in [9.17, 15) is 4.79 Å². The fraction of sp³-hybridized carbons (Fsp3) is 0.0741. The van der Waals surface area contributed by atoms with Gasteiger partial charge >= 0.3 is 0 Å². The highest BCUT2D eigenvalue weighted by Gasteiger charge is 2.37. The van der Waals surface area contributed by atoms with Gasteiger partial charge in [0.15, 0.2) is 11.3 Å². The predicted molar refractivity (Wildman–Crippen MR) is 132 cm³/mol. The Balaban J connectivity index is 1.40. The molecule has 0 fully saturated rings. The Morgan fingerprint density at radius 2 is 1.77 bits per heavy atom. The van der Waals surface area contributed by atoms with E-state index in [2.05, 4.69) is 35.9 Å². The number of fused-ring (bicyclic) bond motifs is 3. The van der Waals surface area contributed by atoms with Crippen molar-refractivity contribution in [2.75, 3.05) is 4.90 Å². The Bertz CT molecular complexity index is 1760. The number of aromatic amines is 1. The highest BCUT2D eigenvalue weighted by molar-refractivity contribution is 5.81. The Hall–Kier alpha value is -4.85. The van der Waals surface area contributed by atoms with Crippen LogP contribution in [0.15, 0.2) is 94.9 Å². The van der Waals surface area contributed by atoms with Gasteiger partial charge in [0.1, 0.15) is 5.58 Å². The molecule has 2 aromatic carbocycles. The van der Waals surface area contributed by atoms with Crippen molar-refractivity contribution in [2.45, 2.75) is 12.6 Å². The van der Waals surface area contributed by atoms with Crippen molar-refractivity contribution in [3.05, 3.63) is 113 Å². The molecular formula is C27H18N6O2. The van der Waals surface area contributed by atoms with Crippen LogP contribution in [0.2, 0.25) is 0 Å². The summed E-state index contributed by atoms with van der Waals surface area (Å²) >= 11 is 0. The molecule has 7 rings (SSSR count). The van der Waals surface area contributed by atoms with Crippen LogP contribution in [0.5, 0.6) is 0 Å². The van der Waals surface area contributed by atoms with Gasteiger partial charge in [0.2, 0.25) is 5.95 Å². The molecule has 0 saturated heterocycles. The maximum Gasteiger partial charge on any atom is 0.226 e. The first-order valence-electron chi connectivity index (χ1n) is 11.2. The van der Waals surface area contributed by atoms with Gasteiger partial charge in [0, 0.05) is 52.3 Å². The number of para-hydroxylation sites is 1. The van der Waals surface area contributed by atoms with E-state index in [1.54, 1.807) is 37.1 Å². The molecule has 0 bridgehead atoms. The predicted octanol–water partition coefficient (Wildman–Crippen LogP) is 4.63. The molecule has 0 saturated carbocycles. The van der Waals surface area contributed by atoms with Gasteiger partial charge in [-0.3, -0.25) is 4.79 Å². The molecule has 4 aromatic heterocycles. The summed E-state index contributed by atoms with van der Waals surface area (Å²) < 4.78 is 5.54. The first-order chi connectivity index (χ1) is 17.3. The molecule has 1 N–H and O–H groups in total. The van der Waals surface area contributed by atoms with Crippen LogP contribution in [-0.2, 0) is 6.54 Å². The van der Waals surface area contributed by atoms with Crippen LogP contribution < -0.4 is 10.3 Å². The van der Waals surface area contributed by atoms with E-state index in [4.69, 9.17) is 4.42 Å². The number of rotatable bonds is 3. The third-order valence-corrected chi connectivity index (χ3v) is 6.45. The lowest BCUT2D eigenvalue weighted by molar-refractivity contribution is 0.615. The van der Waals surface area contributed by atoms with Crippen LogP contribution in [-0.4, -0.2) is 24.9 Å². The largest absolute Gasteiger partial charge is 0.464 e. The van der Waals surface area contributed by atoms with Gasteiger partial charge in [-0.1, -0.05) is 18.2 Å². The monoisotopic (exact) mass is 458 g/mol. The van der Waals surface area contributed by atoms with Crippen molar-refractivity contribution < 1.29 is 4.42 Å². The summed E-state index contributed by atoms with van der Waals surface area (Å²) in [6.07, 6.45) is 8.48. The average Bonchev–Trinajstić information content (AvgIpc) is 3.54. The maximum absolute atomic E-state index is 13.7. The standard InChI is InChI=1S/C27H18N6O2/c34-25-19-4-1-2-5-20(19)32-21-15-33(27-30-13-18(14-31-27)26-28-9-3-10-29-26)24(23(21)25)17-6-7-22-16(12-17)8-11-35-22/h1-14,24H,15H2,(H,32,34). The summed E-state index contributed by atoms with van der Waals surface area (Å²) in [6, 6.07) is 16.9. The Morgan fingerprint density at radius 1 is 0.943 bits per heavy atom. The van der Waals surface area contributed by atoms with E-state index in [-0.39, 0.29) is 11.5 Å². The maximum atomic E-state index is 13.7. The Labute approximate surface area is 199 Å². The van der Waals surface area contributed by atoms with Crippen LogP contribution in [0, 0.1) is 0 Å². The van der Waals surface area contributed by atoms with E-state index >= 15 is 0 Å². The summed E-state index contributed by atoms with van der Waals surface area (Å²) in [6.45, 7) is 0.477. The zero-order chi connectivity index (χ0) is 23.4. The van der Waals surface area contributed by atoms with Crippen molar-refractivity contribution >= 4 is 27.8 Å². The quantitative estimate of drug-likeness (QED) is 0.413. The summed E-state index contributed by atoms with van der Waals surface area (Å²) in [5.74, 6) is 1.09. The number of hydrogen-bond donors (Lipinski definition) is 1. The normalized spacial score (nSPS) is 15.1. The molecule has 168 valence electrons. The second kappa shape index (κ2) is 7.59. The molecule has 5 heterocycles. The van der Waals surface area contributed by atoms with Crippen LogP contribution in [0.25, 0.3) is 33.3 Å². The summed E-state index contributed by atoms with van der Waals surface area (Å²) in [5.41, 5.74) is 4.91. The topological polar surface area (TPSA) is 101 Å². The number of hydrogen-bond acceptors (Lipinski definition) is 7. The van der Waals surface area contributed by atoms with Crippen molar-refractivity contribution in [3.63, 3.8) is 0 Å². The van der Waals surface area contributed by atoms with Gasteiger partial charge in [-0.2, -0.15) is 0 Å². The Morgan fingerprint density at radius 3 is 2.63 bits per heavy atom. The van der Waals surface area contributed by atoms with Gasteiger partial charge < -0.3 is 14.3 Å². The molecule has 1 aliphatic rings. The number of benzene rings is 2. The van der Waals surface area contributed by atoms with Crippen LogP contribution >= 0.6 is 0 Å². The van der Waals surface area contributed by atoms with Crippen LogP contribution in [0.3, 0.4) is 0 Å². The number of nitrogens with zero attached hydrogens (tertiary/aromatic N) is 5. The first-order valence-corrected chi connectivity index (χ1v) is 11.2. The zero-order valence-electron chi connectivity index (χ0n) is 18.4. The van der Waals surface area contributed by atoms with Crippen molar-refractivity contribution in [1.82, 2.24) is 24.9 Å². The van der Waals surface area contributed by atoms with Gasteiger partial charge in [-0.15, -0.1) is 0 Å². The highest BCUT2D eigenvalue weighted by Crippen LogP contribution is 2.39. The lowest BCUT2D eigenvalue weighted by Crippen LogP contribution is -2.26. The Kier molecular flexibility index (Phi) is 4.25. The number of furan rings is 1. The number of aromatic nitrogens is 5. The molecule has 8 heteroatoms. The zero-order valence-corrected chi connectivity index (χ0v) is 18.4. The molecule has 6 aromatic rings. The molecule has 0 aliphatic carbocycles. The van der Waals surface area contributed by atoms with Crippen molar-refractivity contribution in [1.29, 1.82) is 0 Å². The SMILES string of the molecule is O=c1c2c([nH]c3ccccc13)CN(c1ncc(-c3ncccn3)cn1)C2c1ccc2occc2c1. The number of H-pyrrole nitrogens is 1. The lowest BCUT2D eigenvalue weighted by Gasteiger charge is -2.25. The summed E-state index contributed by atoms with van der Waals surface area (Å²) in [4.78, 5) is 37.1. The first kappa shape index (κ1) is 19.6. The summed E-state index contributed by atoms with van der Waals surface area (Å²) in [7, 11) is 0. The van der Waals surface area contributed by atoms with E-state index in [0.717, 1.165) is 33.3 Å². The lowest BCUT2D eigenvalue weighted by atomic mass is 9.97. The molecule has 1 unspecified atom stereocenters. The van der Waals surface area contributed by atoms with E-state index in [1.807, 2.05) is 42.5 Å².